The van der Waals surface area contributed by atoms with Gasteiger partial charge in [-0.25, -0.2) is 16.8 Å². The van der Waals surface area contributed by atoms with Crippen molar-refractivity contribution in [1.29, 1.82) is 0 Å². The molecule has 2 heterocycles. The predicted octanol–water partition coefficient (Wildman–Crippen LogP) is 1.75. The highest BCUT2D eigenvalue weighted by Gasteiger charge is 2.19. The number of rotatable bonds is 4. The Morgan fingerprint density at radius 3 is 1.36 bits per heavy atom. The summed E-state index contributed by atoms with van der Waals surface area (Å²) in [7, 11) is -7.17. The van der Waals surface area contributed by atoms with E-state index in [2.05, 4.69) is 20.4 Å². The molecule has 0 atom stereocenters. The molecule has 0 aliphatic heterocycles. The summed E-state index contributed by atoms with van der Waals surface area (Å²) in [5.74, 6) is 0.169. The van der Waals surface area contributed by atoms with Gasteiger partial charge in [-0.15, -0.1) is 10.2 Å². The molecule has 0 N–H and O–H groups in total. The van der Waals surface area contributed by atoms with Crippen molar-refractivity contribution in [3.8, 4) is 22.9 Å². The Balaban J connectivity index is 1.72. The normalized spacial score (nSPS) is 12.5. The molecule has 0 saturated heterocycles. The van der Waals surface area contributed by atoms with Crippen molar-refractivity contribution in [2.75, 3.05) is 12.5 Å². The zero-order chi connectivity index (χ0) is 20.1. The average Bonchev–Trinajstić information content (AvgIpc) is 3.29. The third kappa shape index (κ3) is 3.39. The summed E-state index contributed by atoms with van der Waals surface area (Å²) < 4.78 is 56.3. The molecule has 28 heavy (non-hydrogen) atoms. The summed E-state index contributed by atoms with van der Waals surface area (Å²) in [6.07, 6.45) is 1.97. The number of benzene rings is 2. The molecule has 0 fully saturated rings. The summed E-state index contributed by atoms with van der Waals surface area (Å²) in [6.45, 7) is 0. The van der Waals surface area contributed by atoms with Crippen LogP contribution in [0.15, 0.2) is 55.7 Å². The molecule has 2 aromatic carbocycles. The number of hydrogen-bond acceptors (Lipinski definition) is 10. The van der Waals surface area contributed by atoms with E-state index in [1.807, 2.05) is 0 Å². The molecule has 0 unspecified atom stereocenters. The minimum Gasteiger partial charge on any atom is -0.408 e. The van der Waals surface area contributed by atoms with Crippen molar-refractivity contribution in [2.24, 2.45) is 0 Å². The summed E-state index contributed by atoms with van der Waals surface area (Å²) in [6, 6.07) is 10.4. The molecule has 0 amide bonds. The van der Waals surface area contributed by atoms with E-state index in [0.717, 1.165) is 23.3 Å². The standard InChI is InChI=1S/C16H12N4O6S2/c1-27(21,22)15-19-17-13(25-15)11-5-3-10-8-12(6-4-9(10)7-11)14-18-20-16(26-14)28(2,23)24/h3-8H,1-2H3. The zero-order valence-electron chi connectivity index (χ0n) is 14.5. The maximum Gasteiger partial charge on any atom is 0.335 e. The van der Waals surface area contributed by atoms with Crippen LogP contribution in [-0.2, 0) is 19.7 Å². The molecule has 0 saturated carbocycles. The van der Waals surface area contributed by atoms with Crippen LogP contribution in [0.1, 0.15) is 0 Å². The molecule has 2 aromatic heterocycles. The Hall–Kier alpha value is -3.12. The molecule has 144 valence electrons. The summed E-state index contributed by atoms with van der Waals surface area (Å²) in [5.41, 5.74) is 1.11. The third-order valence-corrected chi connectivity index (χ3v) is 5.38. The van der Waals surface area contributed by atoms with Gasteiger partial charge in [-0.1, -0.05) is 22.3 Å². The van der Waals surface area contributed by atoms with Gasteiger partial charge in [-0.05, 0) is 35.0 Å². The topological polar surface area (TPSA) is 146 Å². The lowest BCUT2D eigenvalue weighted by Crippen LogP contribution is -1.96. The van der Waals surface area contributed by atoms with E-state index in [1.54, 1.807) is 36.4 Å². The van der Waals surface area contributed by atoms with Crippen LogP contribution in [0.2, 0.25) is 0 Å². The molecule has 0 aliphatic carbocycles. The Morgan fingerprint density at radius 2 is 1.04 bits per heavy atom. The Kier molecular flexibility index (Phi) is 4.05. The lowest BCUT2D eigenvalue weighted by atomic mass is 10.0. The molecule has 0 radical (unpaired) electrons. The van der Waals surface area contributed by atoms with Crippen molar-refractivity contribution >= 4 is 30.4 Å². The fourth-order valence-corrected chi connectivity index (χ4v) is 3.30. The number of aromatic nitrogens is 4. The summed E-state index contributed by atoms with van der Waals surface area (Å²) in [4.78, 5) is 0. The zero-order valence-corrected chi connectivity index (χ0v) is 16.2. The minimum atomic E-state index is -3.58. The first-order valence-electron chi connectivity index (χ1n) is 7.73. The maximum absolute atomic E-state index is 11.5. The van der Waals surface area contributed by atoms with Crippen molar-refractivity contribution in [3.05, 3.63) is 36.4 Å². The van der Waals surface area contributed by atoms with Gasteiger partial charge in [0.25, 0.3) is 0 Å². The van der Waals surface area contributed by atoms with Crippen molar-refractivity contribution in [1.82, 2.24) is 20.4 Å². The van der Waals surface area contributed by atoms with Crippen LogP contribution in [-0.4, -0.2) is 49.7 Å². The van der Waals surface area contributed by atoms with Crippen molar-refractivity contribution in [2.45, 2.75) is 10.4 Å². The van der Waals surface area contributed by atoms with Crippen LogP contribution >= 0.6 is 0 Å². The van der Waals surface area contributed by atoms with Gasteiger partial charge >= 0.3 is 10.4 Å². The Bertz CT molecular complexity index is 1310. The minimum absolute atomic E-state index is 0.0843. The largest absolute Gasteiger partial charge is 0.408 e. The number of hydrogen-bond donors (Lipinski definition) is 0. The van der Waals surface area contributed by atoms with E-state index in [9.17, 15) is 16.8 Å². The molecule has 0 bridgehead atoms. The maximum atomic E-state index is 11.5. The lowest BCUT2D eigenvalue weighted by Gasteiger charge is -2.02. The fraction of sp³-hybridized carbons (Fsp3) is 0.125. The number of sulfone groups is 2. The molecule has 10 nitrogen and oxygen atoms in total. The van der Waals surface area contributed by atoms with Gasteiger partial charge in [0.1, 0.15) is 0 Å². The average molecular weight is 420 g/mol. The third-order valence-electron chi connectivity index (χ3n) is 3.78. The smallest absolute Gasteiger partial charge is 0.335 e. The second kappa shape index (κ2) is 6.21. The second-order valence-electron chi connectivity index (χ2n) is 6.07. The monoisotopic (exact) mass is 420 g/mol. The first-order chi connectivity index (χ1) is 13.1. The molecule has 0 spiro atoms. The fourth-order valence-electron chi connectivity index (χ4n) is 2.46. The van der Waals surface area contributed by atoms with E-state index >= 15 is 0 Å². The van der Waals surface area contributed by atoms with Gasteiger partial charge in [0, 0.05) is 23.6 Å². The van der Waals surface area contributed by atoms with Crippen molar-refractivity contribution < 1.29 is 25.7 Å². The van der Waals surface area contributed by atoms with Gasteiger partial charge in [-0.2, -0.15) is 0 Å². The van der Waals surface area contributed by atoms with Gasteiger partial charge in [0.05, 0.1) is 0 Å². The van der Waals surface area contributed by atoms with E-state index in [4.69, 9.17) is 8.83 Å². The number of nitrogens with zero attached hydrogens (tertiary/aromatic N) is 4. The van der Waals surface area contributed by atoms with Crippen molar-refractivity contribution in [3.63, 3.8) is 0 Å². The van der Waals surface area contributed by atoms with Gasteiger partial charge < -0.3 is 8.83 Å². The molecule has 4 aromatic rings. The van der Waals surface area contributed by atoms with E-state index in [0.29, 0.717) is 11.1 Å². The lowest BCUT2D eigenvalue weighted by molar-refractivity contribution is 0.442. The van der Waals surface area contributed by atoms with Gasteiger partial charge in [0.2, 0.25) is 31.5 Å². The first-order valence-corrected chi connectivity index (χ1v) is 11.5. The van der Waals surface area contributed by atoms with E-state index < -0.39 is 30.1 Å². The van der Waals surface area contributed by atoms with Crippen LogP contribution in [0.4, 0.5) is 0 Å². The van der Waals surface area contributed by atoms with E-state index in [1.165, 1.54) is 0 Å². The molecule has 12 heteroatoms. The highest BCUT2D eigenvalue weighted by Crippen LogP contribution is 2.28. The molecular formula is C16H12N4O6S2. The highest BCUT2D eigenvalue weighted by molar-refractivity contribution is 7.90. The summed E-state index contributed by atoms with van der Waals surface area (Å²) >= 11 is 0. The first kappa shape index (κ1) is 18.3. The SMILES string of the molecule is CS(=O)(=O)c1nnc(-c2ccc3cc(-c4nnc(S(C)(=O)=O)o4)ccc3c2)o1. The predicted molar refractivity (Wildman–Crippen MR) is 96.8 cm³/mol. The van der Waals surface area contributed by atoms with Crippen LogP contribution in [0.5, 0.6) is 0 Å². The molecule has 0 aliphatic rings. The second-order valence-corrected chi connectivity index (χ2v) is 9.85. The Morgan fingerprint density at radius 1 is 0.643 bits per heavy atom. The van der Waals surface area contributed by atoms with Crippen LogP contribution in [0.3, 0.4) is 0 Å². The molecule has 4 rings (SSSR count). The van der Waals surface area contributed by atoms with Crippen LogP contribution in [0, 0.1) is 0 Å². The molecular weight excluding hydrogens is 408 g/mol. The van der Waals surface area contributed by atoms with Crippen LogP contribution < -0.4 is 0 Å². The van der Waals surface area contributed by atoms with Gasteiger partial charge in [-0.3, -0.25) is 0 Å². The van der Waals surface area contributed by atoms with Crippen LogP contribution in [0.25, 0.3) is 33.7 Å². The Labute approximate surface area is 159 Å². The summed E-state index contributed by atoms with van der Waals surface area (Å²) in [5, 5.41) is 15.3. The highest BCUT2D eigenvalue weighted by atomic mass is 32.2. The van der Waals surface area contributed by atoms with Gasteiger partial charge in [0.15, 0.2) is 0 Å². The number of fused-ring (bicyclic) bond motifs is 1. The van der Waals surface area contributed by atoms with E-state index in [-0.39, 0.29) is 11.8 Å². The quantitative estimate of drug-likeness (QED) is 0.478.